The first kappa shape index (κ1) is 17.3. The van der Waals surface area contributed by atoms with E-state index in [0.717, 1.165) is 25.3 Å². The van der Waals surface area contributed by atoms with Crippen LogP contribution in [-0.2, 0) is 6.54 Å². The monoisotopic (exact) mass is 334 g/mol. The molecule has 1 aromatic carbocycles. The Hall–Kier alpha value is -0.740. The van der Waals surface area contributed by atoms with E-state index in [2.05, 4.69) is 23.7 Å². The van der Waals surface area contributed by atoms with Gasteiger partial charge in [0.15, 0.2) is 5.75 Å². The SMILES string of the molecule is CCN(CC)Cc1ccc2c(Cl)cc(Cl)c(O)c2n1.Cl. The summed E-state index contributed by atoms with van der Waals surface area (Å²) in [5.74, 6) is -0.0116. The zero-order valence-electron chi connectivity index (χ0n) is 11.4. The number of pyridine rings is 1. The lowest BCUT2D eigenvalue weighted by Crippen LogP contribution is -2.22. The van der Waals surface area contributed by atoms with Crippen LogP contribution in [0.2, 0.25) is 10.0 Å². The molecule has 0 atom stereocenters. The number of nitrogens with zero attached hydrogens (tertiary/aromatic N) is 2. The number of benzene rings is 1. The summed E-state index contributed by atoms with van der Waals surface area (Å²) in [6, 6.07) is 5.34. The van der Waals surface area contributed by atoms with Crippen LogP contribution in [0.3, 0.4) is 0 Å². The predicted molar refractivity (Wildman–Crippen MR) is 87.3 cm³/mol. The lowest BCUT2D eigenvalue weighted by molar-refractivity contribution is 0.292. The maximum atomic E-state index is 9.99. The fraction of sp³-hybridized carbons (Fsp3) is 0.357. The van der Waals surface area contributed by atoms with E-state index in [1.54, 1.807) is 0 Å². The van der Waals surface area contributed by atoms with Gasteiger partial charge in [0.05, 0.1) is 15.7 Å². The molecule has 0 amide bonds. The van der Waals surface area contributed by atoms with E-state index in [0.29, 0.717) is 15.9 Å². The Kier molecular flexibility index (Phi) is 6.34. The molecule has 2 rings (SSSR count). The van der Waals surface area contributed by atoms with E-state index < -0.39 is 0 Å². The largest absolute Gasteiger partial charge is 0.504 e. The van der Waals surface area contributed by atoms with Crippen LogP contribution in [0.15, 0.2) is 18.2 Å². The van der Waals surface area contributed by atoms with Crippen molar-refractivity contribution in [2.75, 3.05) is 13.1 Å². The van der Waals surface area contributed by atoms with E-state index in [9.17, 15) is 5.11 Å². The van der Waals surface area contributed by atoms with E-state index >= 15 is 0 Å². The molecule has 20 heavy (non-hydrogen) atoms. The van der Waals surface area contributed by atoms with Crippen molar-refractivity contribution in [1.82, 2.24) is 9.88 Å². The molecular formula is C14H17Cl3N2O. The van der Waals surface area contributed by atoms with Crippen LogP contribution in [0.25, 0.3) is 10.9 Å². The summed E-state index contributed by atoms with van der Waals surface area (Å²) >= 11 is 12.0. The number of halogens is 3. The minimum absolute atomic E-state index is 0. The molecule has 0 aliphatic carbocycles. The smallest absolute Gasteiger partial charge is 0.160 e. The number of phenolic OH excluding ortho intramolecular Hbond substituents is 1. The van der Waals surface area contributed by atoms with E-state index in [-0.39, 0.29) is 23.2 Å². The van der Waals surface area contributed by atoms with E-state index in [4.69, 9.17) is 23.2 Å². The van der Waals surface area contributed by atoms with Crippen LogP contribution in [-0.4, -0.2) is 28.1 Å². The minimum atomic E-state index is -0.0116. The normalized spacial score (nSPS) is 10.8. The number of hydrogen-bond acceptors (Lipinski definition) is 3. The third kappa shape index (κ3) is 3.47. The first-order chi connectivity index (χ1) is 9.06. The lowest BCUT2D eigenvalue weighted by atomic mass is 10.2. The highest BCUT2D eigenvalue weighted by Crippen LogP contribution is 2.36. The molecule has 0 fully saturated rings. The molecule has 0 saturated heterocycles. The van der Waals surface area contributed by atoms with Gasteiger partial charge in [-0.05, 0) is 31.3 Å². The summed E-state index contributed by atoms with van der Waals surface area (Å²) in [5.41, 5.74) is 1.35. The van der Waals surface area contributed by atoms with Crippen LogP contribution in [0.4, 0.5) is 0 Å². The molecule has 1 aromatic heterocycles. The standard InChI is InChI=1S/C14H16Cl2N2O.ClH/c1-3-18(4-2)8-9-5-6-10-11(15)7-12(16)14(19)13(10)17-9;/h5-7,19H,3-4,8H2,1-2H3;1H. The molecule has 0 unspecified atom stereocenters. The molecule has 0 saturated carbocycles. The van der Waals surface area contributed by atoms with Gasteiger partial charge in [0.1, 0.15) is 5.52 Å². The van der Waals surface area contributed by atoms with Crippen molar-refractivity contribution in [2.24, 2.45) is 0 Å². The first-order valence-electron chi connectivity index (χ1n) is 6.25. The Balaban J connectivity index is 0.00000200. The van der Waals surface area contributed by atoms with Crippen LogP contribution in [0, 0.1) is 0 Å². The molecule has 3 nitrogen and oxygen atoms in total. The van der Waals surface area contributed by atoms with E-state index in [1.807, 2.05) is 12.1 Å². The molecule has 1 heterocycles. The summed E-state index contributed by atoms with van der Waals surface area (Å²) in [6.45, 7) is 6.87. The Morgan fingerprint density at radius 1 is 1.15 bits per heavy atom. The van der Waals surface area contributed by atoms with Crippen LogP contribution in [0.5, 0.6) is 5.75 Å². The van der Waals surface area contributed by atoms with Crippen molar-refractivity contribution in [3.63, 3.8) is 0 Å². The second-order valence-corrected chi connectivity index (χ2v) is 5.16. The molecule has 1 N–H and O–H groups in total. The quantitative estimate of drug-likeness (QED) is 0.893. The molecular weight excluding hydrogens is 319 g/mol. The van der Waals surface area contributed by atoms with Gasteiger partial charge in [0.25, 0.3) is 0 Å². The Labute approximate surface area is 134 Å². The van der Waals surface area contributed by atoms with Crippen LogP contribution < -0.4 is 0 Å². The van der Waals surface area contributed by atoms with Gasteiger partial charge in [-0.25, -0.2) is 4.98 Å². The van der Waals surface area contributed by atoms with Crippen molar-refractivity contribution < 1.29 is 5.11 Å². The lowest BCUT2D eigenvalue weighted by Gasteiger charge is -2.17. The zero-order valence-corrected chi connectivity index (χ0v) is 13.7. The molecule has 6 heteroatoms. The summed E-state index contributed by atoms with van der Waals surface area (Å²) in [4.78, 5) is 6.72. The molecule has 0 bridgehead atoms. The maximum absolute atomic E-state index is 9.99. The highest BCUT2D eigenvalue weighted by Gasteiger charge is 2.12. The van der Waals surface area contributed by atoms with Gasteiger partial charge in [-0.3, -0.25) is 4.90 Å². The Bertz CT molecular complexity index is 600. The summed E-state index contributed by atoms with van der Waals surface area (Å²) in [5, 5.41) is 11.4. The molecule has 2 aromatic rings. The third-order valence-corrected chi connectivity index (χ3v) is 3.80. The number of hydrogen-bond donors (Lipinski definition) is 1. The Morgan fingerprint density at radius 2 is 1.80 bits per heavy atom. The van der Waals surface area contributed by atoms with Gasteiger partial charge in [0, 0.05) is 11.9 Å². The highest BCUT2D eigenvalue weighted by atomic mass is 35.5. The van der Waals surface area contributed by atoms with Crippen LogP contribution >= 0.6 is 35.6 Å². The third-order valence-electron chi connectivity index (χ3n) is 3.19. The number of aromatic hydroxyl groups is 1. The first-order valence-corrected chi connectivity index (χ1v) is 7.01. The number of rotatable bonds is 4. The van der Waals surface area contributed by atoms with Gasteiger partial charge in [0.2, 0.25) is 0 Å². The number of aromatic nitrogens is 1. The van der Waals surface area contributed by atoms with Gasteiger partial charge < -0.3 is 5.11 Å². The predicted octanol–water partition coefficient (Wildman–Crippen LogP) is 4.51. The Morgan fingerprint density at radius 3 is 2.40 bits per heavy atom. The fourth-order valence-corrected chi connectivity index (χ4v) is 2.52. The summed E-state index contributed by atoms with van der Waals surface area (Å²) < 4.78 is 0. The molecule has 0 aliphatic heterocycles. The molecule has 0 radical (unpaired) electrons. The number of phenols is 1. The molecule has 0 aliphatic rings. The summed E-state index contributed by atoms with van der Waals surface area (Å²) in [6.07, 6.45) is 0. The number of fused-ring (bicyclic) bond motifs is 1. The summed E-state index contributed by atoms with van der Waals surface area (Å²) in [7, 11) is 0. The second-order valence-electron chi connectivity index (χ2n) is 4.35. The van der Waals surface area contributed by atoms with Gasteiger partial charge in [-0.1, -0.05) is 37.0 Å². The van der Waals surface area contributed by atoms with Crippen molar-refractivity contribution in [2.45, 2.75) is 20.4 Å². The maximum Gasteiger partial charge on any atom is 0.160 e. The zero-order chi connectivity index (χ0) is 14.0. The van der Waals surface area contributed by atoms with Crippen molar-refractivity contribution >= 4 is 46.5 Å². The minimum Gasteiger partial charge on any atom is -0.504 e. The van der Waals surface area contributed by atoms with E-state index in [1.165, 1.54) is 6.07 Å². The molecule has 110 valence electrons. The van der Waals surface area contributed by atoms with Gasteiger partial charge in [-0.2, -0.15) is 0 Å². The average molecular weight is 336 g/mol. The molecule has 0 spiro atoms. The highest BCUT2D eigenvalue weighted by molar-refractivity contribution is 6.39. The average Bonchev–Trinajstić information content (AvgIpc) is 2.42. The van der Waals surface area contributed by atoms with Crippen LogP contribution in [0.1, 0.15) is 19.5 Å². The second kappa shape index (κ2) is 7.32. The van der Waals surface area contributed by atoms with Gasteiger partial charge in [-0.15, -0.1) is 12.4 Å². The van der Waals surface area contributed by atoms with Gasteiger partial charge >= 0.3 is 0 Å². The van der Waals surface area contributed by atoms with Crippen molar-refractivity contribution in [3.05, 3.63) is 33.9 Å². The topological polar surface area (TPSA) is 36.4 Å². The van der Waals surface area contributed by atoms with Crippen molar-refractivity contribution in [3.8, 4) is 5.75 Å². The van der Waals surface area contributed by atoms with Crippen molar-refractivity contribution in [1.29, 1.82) is 0 Å². The fourth-order valence-electron chi connectivity index (χ4n) is 2.01.